The predicted molar refractivity (Wildman–Crippen MR) is 99.0 cm³/mol. The van der Waals surface area contributed by atoms with Gasteiger partial charge in [-0.25, -0.2) is 0 Å². The van der Waals surface area contributed by atoms with Crippen molar-refractivity contribution in [3.63, 3.8) is 0 Å². The van der Waals surface area contributed by atoms with E-state index < -0.39 is 18.3 Å². The third-order valence-electron chi connectivity index (χ3n) is 6.31. The van der Waals surface area contributed by atoms with Crippen LogP contribution in [0.1, 0.15) is 58.8 Å². The van der Waals surface area contributed by atoms with Gasteiger partial charge in [0.15, 0.2) is 0 Å². The summed E-state index contributed by atoms with van der Waals surface area (Å²) in [7, 11) is 0. The first-order chi connectivity index (χ1) is 12.4. The van der Waals surface area contributed by atoms with Crippen molar-refractivity contribution in [1.82, 2.24) is 0 Å². The molecule has 0 aromatic rings. The zero-order valence-corrected chi connectivity index (χ0v) is 15.8. The molecule has 6 nitrogen and oxygen atoms in total. The highest BCUT2D eigenvalue weighted by Crippen LogP contribution is 2.45. The molecule has 148 valence electrons. The predicted octanol–water partition coefficient (Wildman–Crippen LogP) is 2.29. The number of aliphatic hydroxyl groups is 3. The van der Waals surface area contributed by atoms with Gasteiger partial charge in [-0.3, -0.25) is 0 Å². The minimum atomic E-state index is -0.942. The van der Waals surface area contributed by atoms with E-state index in [2.05, 4.69) is 19.0 Å². The molecule has 0 aliphatic heterocycles. The van der Waals surface area contributed by atoms with E-state index in [0.29, 0.717) is 50.0 Å². The largest absolute Gasteiger partial charge is 0.411 e. The fourth-order valence-corrected chi connectivity index (χ4v) is 4.64. The molecule has 1 saturated carbocycles. The van der Waals surface area contributed by atoms with Gasteiger partial charge in [-0.1, -0.05) is 24.6 Å². The Bertz CT molecular complexity index is 532. The first-order valence-corrected chi connectivity index (χ1v) is 9.79. The van der Waals surface area contributed by atoms with Crippen LogP contribution in [0.3, 0.4) is 0 Å². The van der Waals surface area contributed by atoms with Crippen molar-refractivity contribution in [2.45, 2.75) is 77.1 Å². The van der Waals surface area contributed by atoms with Gasteiger partial charge in [0.05, 0.1) is 17.9 Å². The normalized spacial score (nSPS) is 41.0. The molecule has 2 rings (SSSR count). The Hall–Kier alpha value is -1.24. The van der Waals surface area contributed by atoms with E-state index in [1.807, 2.05) is 6.08 Å². The Morgan fingerprint density at radius 3 is 2.58 bits per heavy atom. The molecule has 0 aromatic carbocycles. The van der Waals surface area contributed by atoms with Gasteiger partial charge in [-0.15, -0.1) is 0 Å². The zero-order chi connectivity index (χ0) is 19.3. The molecule has 7 unspecified atom stereocenters. The molecule has 1 fully saturated rings. The molecule has 4 N–H and O–H groups in total. The highest BCUT2D eigenvalue weighted by atomic mass is 16.4. The van der Waals surface area contributed by atoms with Crippen LogP contribution in [0.2, 0.25) is 0 Å². The van der Waals surface area contributed by atoms with Crippen LogP contribution in [-0.2, 0) is 4.79 Å². The van der Waals surface area contributed by atoms with Crippen LogP contribution in [-0.4, -0.2) is 50.8 Å². The average Bonchev–Trinajstić information content (AvgIpc) is 2.62. The molecule has 26 heavy (non-hydrogen) atoms. The molecule has 0 bridgehead atoms. The Morgan fingerprint density at radius 1 is 1.19 bits per heavy atom. The minimum absolute atomic E-state index is 0.190. The van der Waals surface area contributed by atoms with E-state index in [4.69, 9.17) is 0 Å². The van der Waals surface area contributed by atoms with Gasteiger partial charge < -0.3 is 25.3 Å². The summed E-state index contributed by atoms with van der Waals surface area (Å²) in [5.74, 6) is 1.06. The van der Waals surface area contributed by atoms with Crippen molar-refractivity contribution in [1.29, 1.82) is 0 Å². The lowest BCUT2D eigenvalue weighted by atomic mass is 9.64. The summed E-state index contributed by atoms with van der Waals surface area (Å²) in [5.41, 5.74) is 1.71. The third-order valence-corrected chi connectivity index (χ3v) is 6.31. The van der Waals surface area contributed by atoms with Gasteiger partial charge in [0.1, 0.15) is 12.4 Å². The number of aldehydes is 1. The maximum absolute atomic E-state index is 10.8. The number of carbonyl (C=O) groups is 1. The van der Waals surface area contributed by atoms with E-state index in [9.17, 15) is 25.3 Å². The highest BCUT2D eigenvalue weighted by Gasteiger charge is 2.37. The SMILES string of the molecule is CC1CCC2/C(=C\C(=N/O)CCC(O)C(O)CC2C)C1CCC(O)C=O. The molecular formula is C20H33NO5. The van der Waals surface area contributed by atoms with Crippen LogP contribution in [0.25, 0.3) is 0 Å². The summed E-state index contributed by atoms with van der Waals surface area (Å²) in [6, 6.07) is 0. The van der Waals surface area contributed by atoms with E-state index in [0.717, 1.165) is 12.8 Å². The number of fused-ring (bicyclic) bond motifs is 1. The summed E-state index contributed by atoms with van der Waals surface area (Å²) in [4.78, 5) is 10.8. The second-order valence-corrected chi connectivity index (χ2v) is 8.17. The van der Waals surface area contributed by atoms with Crippen LogP contribution < -0.4 is 0 Å². The summed E-state index contributed by atoms with van der Waals surface area (Å²) in [5, 5.41) is 42.9. The second-order valence-electron chi connectivity index (χ2n) is 8.17. The molecular weight excluding hydrogens is 334 g/mol. The fourth-order valence-electron chi connectivity index (χ4n) is 4.64. The lowest BCUT2D eigenvalue weighted by Crippen LogP contribution is -2.36. The van der Waals surface area contributed by atoms with Gasteiger partial charge in [0.2, 0.25) is 0 Å². The minimum Gasteiger partial charge on any atom is -0.411 e. The molecule has 0 radical (unpaired) electrons. The van der Waals surface area contributed by atoms with Crippen molar-refractivity contribution in [2.75, 3.05) is 0 Å². The molecule has 2 aliphatic rings. The summed E-state index contributed by atoms with van der Waals surface area (Å²) < 4.78 is 0. The van der Waals surface area contributed by atoms with Crippen LogP contribution in [0.15, 0.2) is 16.8 Å². The molecule has 0 aromatic heterocycles. The number of allylic oxidation sites excluding steroid dienone is 2. The number of oxime groups is 1. The molecule has 0 spiro atoms. The Morgan fingerprint density at radius 2 is 1.92 bits per heavy atom. The molecule has 6 heteroatoms. The van der Waals surface area contributed by atoms with E-state index in [1.54, 1.807) is 0 Å². The first-order valence-electron chi connectivity index (χ1n) is 9.79. The number of carbonyl (C=O) groups excluding carboxylic acids is 1. The first kappa shape index (κ1) is 21.1. The van der Waals surface area contributed by atoms with Crippen LogP contribution in [0, 0.1) is 23.7 Å². The smallest absolute Gasteiger partial charge is 0.148 e. The van der Waals surface area contributed by atoms with Crippen molar-refractivity contribution in [3.05, 3.63) is 11.6 Å². The number of hydrogen-bond acceptors (Lipinski definition) is 6. The molecule has 0 amide bonds. The van der Waals surface area contributed by atoms with Gasteiger partial charge in [0, 0.05) is 0 Å². The van der Waals surface area contributed by atoms with E-state index >= 15 is 0 Å². The standard InChI is InChI=1S/C20H33NO5/c1-12-3-6-17-13(2)9-20(25)19(24)8-4-14(21-26)10-18(17)16(12)7-5-15(23)11-22/h10-13,15-17,19-20,23-26H,3-9H2,1-2H3/b18-10-,21-14-. The maximum Gasteiger partial charge on any atom is 0.148 e. The van der Waals surface area contributed by atoms with Crippen LogP contribution in [0.5, 0.6) is 0 Å². The second kappa shape index (κ2) is 9.62. The Balaban J connectivity index is 2.34. The third kappa shape index (κ3) is 5.15. The highest BCUT2D eigenvalue weighted by molar-refractivity contribution is 5.95. The van der Waals surface area contributed by atoms with Crippen molar-refractivity contribution in [3.8, 4) is 0 Å². The van der Waals surface area contributed by atoms with Gasteiger partial charge >= 0.3 is 0 Å². The van der Waals surface area contributed by atoms with Gasteiger partial charge in [-0.2, -0.15) is 0 Å². The maximum atomic E-state index is 10.8. The zero-order valence-electron chi connectivity index (χ0n) is 15.8. The lowest BCUT2D eigenvalue weighted by molar-refractivity contribution is -0.115. The number of rotatable bonds is 4. The van der Waals surface area contributed by atoms with Crippen molar-refractivity contribution < 1.29 is 25.3 Å². The topological polar surface area (TPSA) is 110 Å². The Kier molecular flexibility index (Phi) is 7.80. The summed E-state index contributed by atoms with van der Waals surface area (Å²) in [6.45, 7) is 4.28. The van der Waals surface area contributed by atoms with Gasteiger partial charge in [-0.05, 0) is 74.7 Å². The van der Waals surface area contributed by atoms with Crippen molar-refractivity contribution in [2.24, 2.45) is 28.8 Å². The summed E-state index contributed by atoms with van der Waals surface area (Å²) in [6.07, 6.45) is 4.44. The molecule has 0 heterocycles. The van der Waals surface area contributed by atoms with E-state index in [1.165, 1.54) is 5.57 Å². The number of nitrogens with zero attached hydrogens (tertiary/aromatic N) is 1. The van der Waals surface area contributed by atoms with Crippen LogP contribution in [0.4, 0.5) is 0 Å². The average molecular weight is 367 g/mol. The molecule has 0 saturated heterocycles. The number of aliphatic hydroxyl groups excluding tert-OH is 3. The monoisotopic (exact) mass is 367 g/mol. The number of hydrogen-bond donors (Lipinski definition) is 4. The Labute approximate surface area is 155 Å². The lowest BCUT2D eigenvalue weighted by Gasteiger charge is -2.41. The molecule has 2 aliphatic carbocycles. The van der Waals surface area contributed by atoms with Gasteiger partial charge in [0.25, 0.3) is 0 Å². The molecule has 7 atom stereocenters. The van der Waals surface area contributed by atoms with Crippen molar-refractivity contribution >= 4 is 12.0 Å². The fraction of sp³-hybridized carbons (Fsp3) is 0.800. The summed E-state index contributed by atoms with van der Waals surface area (Å²) >= 11 is 0. The quantitative estimate of drug-likeness (QED) is 0.346. The van der Waals surface area contributed by atoms with E-state index in [-0.39, 0.29) is 17.8 Å². The van der Waals surface area contributed by atoms with Crippen LogP contribution >= 0.6 is 0 Å².